The van der Waals surface area contributed by atoms with Gasteiger partial charge in [0.1, 0.15) is 11.9 Å². The lowest BCUT2D eigenvalue weighted by molar-refractivity contribution is -0.169. The maximum absolute atomic E-state index is 13.5. The smallest absolute Gasteiger partial charge is 0.302 e. The van der Waals surface area contributed by atoms with Gasteiger partial charge in [-0.1, -0.05) is 27.2 Å². The van der Waals surface area contributed by atoms with E-state index in [9.17, 15) is 9.59 Å². The van der Waals surface area contributed by atoms with Crippen molar-refractivity contribution in [3.63, 3.8) is 0 Å². The Hall–Kier alpha value is -0.860. The number of Topliss-reactive ketones (excluding diaryl/α,β-unsaturated/α-hetero) is 1. The molecule has 0 aromatic rings. The number of rotatable bonds is 2. The van der Waals surface area contributed by atoms with Crippen LogP contribution in [0.2, 0.25) is 0 Å². The first kappa shape index (κ1) is 18.5. The summed E-state index contributed by atoms with van der Waals surface area (Å²) in [6.07, 6.45) is 10.1. The first-order valence-corrected chi connectivity index (χ1v) is 11.0. The van der Waals surface area contributed by atoms with Gasteiger partial charge in [0.15, 0.2) is 0 Å². The second-order valence-electron chi connectivity index (χ2n) is 10.4. The summed E-state index contributed by atoms with van der Waals surface area (Å²) < 4.78 is 5.54. The molecule has 8 atom stereocenters. The Morgan fingerprint density at radius 3 is 2.58 bits per heavy atom. The van der Waals surface area contributed by atoms with Crippen LogP contribution >= 0.6 is 0 Å². The molecule has 2 unspecified atom stereocenters. The van der Waals surface area contributed by atoms with Gasteiger partial charge in [0.2, 0.25) is 0 Å². The van der Waals surface area contributed by atoms with Crippen molar-refractivity contribution in [3.8, 4) is 0 Å². The van der Waals surface area contributed by atoms with Crippen LogP contribution in [-0.2, 0) is 14.3 Å². The summed E-state index contributed by atoms with van der Waals surface area (Å²) in [6.45, 7) is 8.65. The van der Waals surface area contributed by atoms with E-state index in [0.717, 1.165) is 37.5 Å². The molecule has 4 aliphatic carbocycles. The van der Waals surface area contributed by atoms with Crippen LogP contribution < -0.4 is 0 Å². The minimum Gasteiger partial charge on any atom is -0.463 e. The molecule has 0 aromatic heterocycles. The Labute approximate surface area is 158 Å². The van der Waals surface area contributed by atoms with E-state index in [1.54, 1.807) is 0 Å². The van der Waals surface area contributed by atoms with Crippen LogP contribution in [0.15, 0.2) is 0 Å². The Morgan fingerprint density at radius 2 is 1.88 bits per heavy atom. The van der Waals surface area contributed by atoms with E-state index in [4.69, 9.17) is 4.74 Å². The number of hydrogen-bond donors (Lipinski definition) is 0. The van der Waals surface area contributed by atoms with Crippen molar-refractivity contribution in [2.45, 2.75) is 91.6 Å². The maximum Gasteiger partial charge on any atom is 0.302 e. The topological polar surface area (TPSA) is 43.4 Å². The van der Waals surface area contributed by atoms with E-state index in [1.165, 1.54) is 39.0 Å². The second kappa shape index (κ2) is 6.34. The summed E-state index contributed by atoms with van der Waals surface area (Å²) in [4.78, 5) is 24.8. The molecule has 3 nitrogen and oxygen atoms in total. The Kier molecular flexibility index (Phi) is 4.51. The third-order valence-corrected chi connectivity index (χ3v) is 9.32. The molecule has 0 spiro atoms. The highest BCUT2D eigenvalue weighted by Crippen LogP contribution is 2.66. The third kappa shape index (κ3) is 2.59. The normalized spacial score (nSPS) is 50.5. The summed E-state index contributed by atoms with van der Waals surface area (Å²) >= 11 is 0. The molecule has 0 heterocycles. The molecular weight excluding hydrogens is 324 g/mol. The van der Waals surface area contributed by atoms with Crippen LogP contribution in [0, 0.1) is 40.4 Å². The molecule has 0 bridgehead atoms. The zero-order valence-corrected chi connectivity index (χ0v) is 17.1. The van der Waals surface area contributed by atoms with Crippen LogP contribution in [-0.4, -0.2) is 17.9 Å². The van der Waals surface area contributed by atoms with Crippen LogP contribution in [0.4, 0.5) is 0 Å². The zero-order chi connectivity index (χ0) is 18.7. The zero-order valence-electron chi connectivity index (χ0n) is 17.1. The molecule has 3 heteroatoms. The standard InChI is InChI=1S/C23H36O3/c1-5-15-7-9-19-18-8-6-16-12-17(26-14(2)24)10-11-22(16,3)21(18)20(25)13-23(15,19)4/h15-19,21H,5-13H2,1-4H3/t15-,16?,17?,18-,19-,21+,22-,23+/m0/s1. The molecule has 146 valence electrons. The van der Waals surface area contributed by atoms with Crippen LogP contribution in [0.3, 0.4) is 0 Å². The van der Waals surface area contributed by atoms with Gasteiger partial charge in [0.25, 0.3) is 0 Å². The van der Waals surface area contributed by atoms with Crippen molar-refractivity contribution in [2.24, 2.45) is 40.4 Å². The Morgan fingerprint density at radius 1 is 1.12 bits per heavy atom. The highest BCUT2D eigenvalue weighted by molar-refractivity contribution is 5.84. The van der Waals surface area contributed by atoms with E-state index in [-0.39, 0.29) is 28.8 Å². The van der Waals surface area contributed by atoms with Crippen molar-refractivity contribution in [1.82, 2.24) is 0 Å². The molecule has 0 N–H and O–H groups in total. The van der Waals surface area contributed by atoms with E-state index in [0.29, 0.717) is 17.6 Å². The quantitative estimate of drug-likeness (QED) is 0.638. The second-order valence-corrected chi connectivity index (χ2v) is 10.4. The van der Waals surface area contributed by atoms with Gasteiger partial charge < -0.3 is 4.74 Å². The first-order valence-electron chi connectivity index (χ1n) is 11.0. The molecule has 0 amide bonds. The van der Waals surface area contributed by atoms with Crippen LogP contribution in [0.1, 0.15) is 85.5 Å². The molecule has 4 fully saturated rings. The summed E-state index contributed by atoms with van der Waals surface area (Å²) in [5.41, 5.74) is 0.382. The average Bonchev–Trinajstić information content (AvgIpc) is 2.90. The predicted molar refractivity (Wildman–Crippen MR) is 101 cm³/mol. The van der Waals surface area contributed by atoms with Crippen molar-refractivity contribution < 1.29 is 14.3 Å². The fraction of sp³-hybridized carbons (Fsp3) is 0.913. The number of esters is 1. The molecule has 4 saturated carbocycles. The summed E-state index contributed by atoms with van der Waals surface area (Å²) in [5.74, 6) is 3.29. The summed E-state index contributed by atoms with van der Waals surface area (Å²) in [5, 5.41) is 0. The number of hydrogen-bond acceptors (Lipinski definition) is 3. The van der Waals surface area contributed by atoms with Gasteiger partial charge in [-0.2, -0.15) is 0 Å². The minimum atomic E-state index is -0.159. The van der Waals surface area contributed by atoms with E-state index >= 15 is 0 Å². The third-order valence-electron chi connectivity index (χ3n) is 9.32. The van der Waals surface area contributed by atoms with Crippen molar-refractivity contribution >= 4 is 11.8 Å². The van der Waals surface area contributed by atoms with Gasteiger partial charge in [-0.05, 0) is 79.4 Å². The fourth-order valence-corrected chi connectivity index (χ4v) is 8.15. The summed E-state index contributed by atoms with van der Waals surface area (Å²) in [7, 11) is 0. The van der Waals surface area contributed by atoms with Gasteiger partial charge in [0.05, 0.1) is 0 Å². The van der Waals surface area contributed by atoms with Crippen LogP contribution in [0.5, 0.6) is 0 Å². The number of fused-ring (bicyclic) bond motifs is 5. The van der Waals surface area contributed by atoms with Gasteiger partial charge in [0, 0.05) is 19.3 Å². The maximum atomic E-state index is 13.5. The monoisotopic (exact) mass is 360 g/mol. The minimum absolute atomic E-state index is 0.0713. The molecule has 0 radical (unpaired) electrons. The number of ketones is 1. The molecule has 4 rings (SSSR count). The number of ether oxygens (including phenoxy) is 1. The average molecular weight is 361 g/mol. The van der Waals surface area contributed by atoms with Gasteiger partial charge in [-0.15, -0.1) is 0 Å². The Bertz CT molecular complexity index is 598. The predicted octanol–water partition coefficient (Wildman–Crippen LogP) is 5.17. The van der Waals surface area contributed by atoms with E-state index in [2.05, 4.69) is 20.8 Å². The van der Waals surface area contributed by atoms with Crippen molar-refractivity contribution in [3.05, 3.63) is 0 Å². The van der Waals surface area contributed by atoms with Gasteiger partial charge >= 0.3 is 5.97 Å². The van der Waals surface area contributed by atoms with Crippen LogP contribution in [0.25, 0.3) is 0 Å². The highest BCUT2D eigenvalue weighted by atomic mass is 16.5. The molecule has 0 aliphatic heterocycles. The van der Waals surface area contributed by atoms with Crippen molar-refractivity contribution in [1.29, 1.82) is 0 Å². The van der Waals surface area contributed by atoms with E-state index in [1.807, 2.05) is 0 Å². The van der Waals surface area contributed by atoms with E-state index < -0.39 is 0 Å². The Balaban J connectivity index is 1.59. The number of carbonyl (C=O) groups excluding carboxylic acids is 2. The summed E-state index contributed by atoms with van der Waals surface area (Å²) in [6, 6.07) is 0. The largest absolute Gasteiger partial charge is 0.463 e. The lowest BCUT2D eigenvalue weighted by Gasteiger charge is -2.60. The molecule has 0 aromatic carbocycles. The molecule has 26 heavy (non-hydrogen) atoms. The van der Waals surface area contributed by atoms with Gasteiger partial charge in [-0.3, -0.25) is 9.59 Å². The molecule has 0 saturated heterocycles. The SMILES string of the molecule is CC[C@H]1CC[C@H]2[C@@H]3CCC4CC(OC(C)=O)CC[C@]4(C)[C@H]3C(=O)C[C@]12C. The molecular formula is C23H36O3. The number of carbonyl (C=O) groups is 2. The lowest BCUT2D eigenvalue weighted by Crippen LogP contribution is -2.57. The van der Waals surface area contributed by atoms with Crippen molar-refractivity contribution in [2.75, 3.05) is 0 Å². The fourth-order valence-electron chi connectivity index (χ4n) is 8.15. The molecule has 4 aliphatic rings. The first-order chi connectivity index (χ1) is 12.3. The van der Waals surface area contributed by atoms with Gasteiger partial charge in [-0.25, -0.2) is 0 Å². The highest BCUT2D eigenvalue weighted by Gasteiger charge is 2.62. The lowest BCUT2D eigenvalue weighted by atomic mass is 9.44.